The summed E-state index contributed by atoms with van der Waals surface area (Å²) in [6, 6.07) is 0. The van der Waals surface area contributed by atoms with Crippen LogP contribution in [-0.4, -0.2) is 49.9 Å². The van der Waals surface area contributed by atoms with Gasteiger partial charge in [0.15, 0.2) is 5.96 Å². The Bertz CT molecular complexity index is 342. The van der Waals surface area contributed by atoms with Crippen LogP contribution in [0.1, 0.15) is 59.8 Å². The second kappa shape index (κ2) is 13.2. The first kappa shape index (κ1) is 21.7. The molecule has 0 atom stereocenters. The summed E-state index contributed by atoms with van der Waals surface area (Å²) in [6.07, 6.45) is 3.89. The van der Waals surface area contributed by atoms with Crippen molar-refractivity contribution in [3.8, 4) is 0 Å². The second-order valence-corrected chi connectivity index (χ2v) is 5.71. The van der Waals surface area contributed by atoms with Crippen LogP contribution in [0.4, 0.5) is 0 Å². The average molecular weight is 329 g/mol. The number of aliphatic hydroxyl groups excluding tert-OH is 1. The number of ether oxygens (including phenoxy) is 1. The predicted octanol–water partition coefficient (Wildman–Crippen LogP) is 2.07. The van der Waals surface area contributed by atoms with Gasteiger partial charge in [0.1, 0.15) is 0 Å². The topological polar surface area (TPSA) is 83.0 Å². The predicted molar refractivity (Wildman–Crippen MR) is 94.6 cm³/mol. The molecule has 6 nitrogen and oxygen atoms in total. The SMILES string of the molecule is CCNC(=NCC(CC)(CC)CCO)NCCCC(=O)OCC. The molecule has 0 saturated carbocycles. The molecule has 0 aliphatic rings. The molecule has 0 radical (unpaired) electrons. The lowest BCUT2D eigenvalue weighted by molar-refractivity contribution is -0.143. The number of nitrogens with zero attached hydrogens (tertiary/aromatic N) is 1. The summed E-state index contributed by atoms with van der Waals surface area (Å²) in [5.74, 6) is 0.607. The highest BCUT2D eigenvalue weighted by Gasteiger charge is 2.25. The lowest BCUT2D eigenvalue weighted by Crippen LogP contribution is -2.39. The fraction of sp³-hybridized carbons (Fsp3) is 0.882. The van der Waals surface area contributed by atoms with Gasteiger partial charge in [-0.1, -0.05) is 13.8 Å². The summed E-state index contributed by atoms with van der Waals surface area (Å²) < 4.78 is 4.91. The molecular weight excluding hydrogens is 294 g/mol. The third-order valence-electron chi connectivity index (χ3n) is 4.21. The molecule has 136 valence electrons. The maximum atomic E-state index is 11.3. The molecule has 0 spiro atoms. The lowest BCUT2D eigenvalue weighted by Gasteiger charge is -2.29. The second-order valence-electron chi connectivity index (χ2n) is 5.71. The van der Waals surface area contributed by atoms with Crippen molar-refractivity contribution < 1.29 is 14.6 Å². The minimum atomic E-state index is -0.157. The Morgan fingerprint density at radius 1 is 1.17 bits per heavy atom. The van der Waals surface area contributed by atoms with Gasteiger partial charge in [-0.25, -0.2) is 0 Å². The van der Waals surface area contributed by atoms with Crippen LogP contribution < -0.4 is 10.6 Å². The molecule has 23 heavy (non-hydrogen) atoms. The van der Waals surface area contributed by atoms with E-state index in [0.29, 0.717) is 32.5 Å². The maximum Gasteiger partial charge on any atom is 0.305 e. The molecule has 0 aromatic carbocycles. The van der Waals surface area contributed by atoms with Crippen LogP contribution in [-0.2, 0) is 9.53 Å². The minimum Gasteiger partial charge on any atom is -0.466 e. The maximum absolute atomic E-state index is 11.3. The number of hydrogen-bond acceptors (Lipinski definition) is 4. The summed E-state index contributed by atoms with van der Waals surface area (Å²) in [4.78, 5) is 16.0. The molecule has 0 heterocycles. The molecule has 0 amide bonds. The highest BCUT2D eigenvalue weighted by Crippen LogP contribution is 2.30. The van der Waals surface area contributed by atoms with Crippen molar-refractivity contribution in [2.75, 3.05) is 32.8 Å². The van der Waals surface area contributed by atoms with Crippen molar-refractivity contribution in [3.05, 3.63) is 0 Å². The highest BCUT2D eigenvalue weighted by molar-refractivity contribution is 5.79. The molecule has 0 unspecified atom stereocenters. The number of aliphatic hydroxyl groups is 1. The third kappa shape index (κ3) is 9.43. The van der Waals surface area contributed by atoms with Crippen LogP contribution >= 0.6 is 0 Å². The molecule has 0 fully saturated rings. The number of guanidine groups is 1. The molecular formula is C17H35N3O3. The smallest absolute Gasteiger partial charge is 0.305 e. The number of esters is 1. The molecule has 0 aromatic rings. The van der Waals surface area contributed by atoms with Gasteiger partial charge in [0.25, 0.3) is 0 Å². The monoisotopic (exact) mass is 329 g/mol. The Morgan fingerprint density at radius 2 is 1.87 bits per heavy atom. The van der Waals surface area contributed by atoms with E-state index >= 15 is 0 Å². The van der Waals surface area contributed by atoms with E-state index in [9.17, 15) is 9.90 Å². The Labute approximate surface area is 141 Å². The van der Waals surface area contributed by atoms with Crippen molar-refractivity contribution in [2.24, 2.45) is 10.4 Å². The quantitative estimate of drug-likeness (QED) is 0.221. The normalized spacial score (nSPS) is 12.1. The zero-order valence-corrected chi connectivity index (χ0v) is 15.3. The summed E-state index contributed by atoms with van der Waals surface area (Å²) in [5, 5.41) is 15.7. The van der Waals surface area contributed by atoms with Crippen LogP contribution in [0.2, 0.25) is 0 Å². The molecule has 0 rings (SSSR count). The molecule has 3 N–H and O–H groups in total. The Kier molecular flexibility index (Phi) is 12.4. The standard InChI is InChI=1S/C17H35N3O3/c1-5-17(6-2,11-13-21)14-20-16(18-7-3)19-12-9-10-15(22)23-8-4/h21H,5-14H2,1-4H3,(H2,18,19,20). The molecule has 0 aliphatic carbocycles. The van der Waals surface area contributed by atoms with Crippen molar-refractivity contribution in [2.45, 2.75) is 59.8 Å². The van der Waals surface area contributed by atoms with Crippen LogP contribution in [0.15, 0.2) is 4.99 Å². The molecule has 0 aromatic heterocycles. The van der Waals surface area contributed by atoms with Gasteiger partial charge in [-0.05, 0) is 44.9 Å². The van der Waals surface area contributed by atoms with E-state index in [1.54, 1.807) is 0 Å². The first-order valence-corrected chi connectivity index (χ1v) is 8.86. The number of aliphatic imine (C=N–C) groups is 1. The number of hydrogen-bond donors (Lipinski definition) is 3. The number of nitrogens with one attached hydrogen (secondary N) is 2. The van der Waals surface area contributed by atoms with Gasteiger partial charge in [-0.15, -0.1) is 0 Å². The van der Waals surface area contributed by atoms with Crippen LogP contribution in [0, 0.1) is 5.41 Å². The number of carbonyl (C=O) groups excluding carboxylic acids is 1. The summed E-state index contributed by atoms with van der Waals surface area (Å²) in [7, 11) is 0. The van der Waals surface area contributed by atoms with E-state index in [4.69, 9.17) is 4.74 Å². The van der Waals surface area contributed by atoms with E-state index in [-0.39, 0.29) is 18.0 Å². The first-order valence-electron chi connectivity index (χ1n) is 8.86. The van der Waals surface area contributed by atoms with Gasteiger partial charge in [-0.2, -0.15) is 0 Å². The Balaban J connectivity index is 4.44. The zero-order chi connectivity index (χ0) is 17.6. The molecule has 0 bridgehead atoms. The van der Waals surface area contributed by atoms with Gasteiger partial charge in [0.05, 0.1) is 6.61 Å². The van der Waals surface area contributed by atoms with Crippen LogP contribution in [0.3, 0.4) is 0 Å². The van der Waals surface area contributed by atoms with Crippen LogP contribution in [0.25, 0.3) is 0 Å². The van der Waals surface area contributed by atoms with E-state index in [1.807, 2.05) is 13.8 Å². The van der Waals surface area contributed by atoms with Crippen molar-refractivity contribution in [3.63, 3.8) is 0 Å². The average Bonchev–Trinajstić information content (AvgIpc) is 2.55. The molecule has 0 aliphatic heterocycles. The molecule has 0 saturated heterocycles. The highest BCUT2D eigenvalue weighted by atomic mass is 16.5. The van der Waals surface area contributed by atoms with Crippen LogP contribution in [0.5, 0.6) is 0 Å². The zero-order valence-electron chi connectivity index (χ0n) is 15.3. The minimum absolute atomic E-state index is 0.0576. The van der Waals surface area contributed by atoms with E-state index in [1.165, 1.54) is 0 Å². The van der Waals surface area contributed by atoms with Gasteiger partial charge in [0, 0.05) is 32.7 Å². The van der Waals surface area contributed by atoms with Crippen molar-refractivity contribution in [1.82, 2.24) is 10.6 Å². The fourth-order valence-electron chi connectivity index (χ4n) is 2.40. The van der Waals surface area contributed by atoms with Crippen molar-refractivity contribution >= 4 is 11.9 Å². The molecule has 6 heteroatoms. The fourth-order valence-corrected chi connectivity index (χ4v) is 2.40. The van der Waals surface area contributed by atoms with Gasteiger partial charge in [-0.3, -0.25) is 9.79 Å². The summed E-state index contributed by atoms with van der Waals surface area (Å²) in [6.45, 7) is 10.9. The van der Waals surface area contributed by atoms with Gasteiger partial charge < -0.3 is 20.5 Å². The van der Waals surface area contributed by atoms with Gasteiger partial charge in [0.2, 0.25) is 0 Å². The summed E-state index contributed by atoms with van der Waals surface area (Å²) >= 11 is 0. The Hall–Kier alpha value is -1.30. The third-order valence-corrected chi connectivity index (χ3v) is 4.21. The number of carbonyl (C=O) groups is 1. The number of rotatable bonds is 12. The largest absolute Gasteiger partial charge is 0.466 e. The van der Waals surface area contributed by atoms with E-state index in [0.717, 1.165) is 31.8 Å². The van der Waals surface area contributed by atoms with E-state index < -0.39 is 0 Å². The first-order chi connectivity index (χ1) is 11.1. The van der Waals surface area contributed by atoms with E-state index in [2.05, 4.69) is 29.5 Å². The lowest BCUT2D eigenvalue weighted by atomic mass is 9.79. The Morgan fingerprint density at radius 3 is 2.39 bits per heavy atom. The summed E-state index contributed by atoms with van der Waals surface area (Å²) in [5.41, 5.74) is 0.0576. The van der Waals surface area contributed by atoms with Crippen molar-refractivity contribution in [1.29, 1.82) is 0 Å². The van der Waals surface area contributed by atoms with Gasteiger partial charge >= 0.3 is 5.97 Å².